The number of rotatable bonds is 5. The average molecular weight is 457 g/mol. The number of nitrogens with one attached hydrogen (secondary N) is 2. The summed E-state index contributed by atoms with van der Waals surface area (Å²) in [6.45, 7) is 3.57. The number of carbonyl (C=O) groups excluding carboxylic acids is 1. The Kier molecular flexibility index (Phi) is 6.31. The van der Waals surface area contributed by atoms with Crippen LogP contribution in [0.4, 0.5) is 5.00 Å². The number of methoxy groups -OCH3 is 1. The SMILES string of the molecule is COC(=O)c1c(NC(=S)NCCn2cc(Br)cn2)sc2c1CCC(C)C2. The van der Waals surface area contributed by atoms with Crippen LogP contribution >= 0.6 is 39.5 Å². The second-order valence-electron chi connectivity index (χ2n) is 6.35. The summed E-state index contributed by atoms with van der Waals surface area (Å²) in [7, 11) is 1.42. The molecule has 0 radical (unpaired) electrons. The largest absolute Gasteiger partial charge is 0.465 e. The number of fused-ring (bicyclic) bond motifs is 1. The Bertz CT molecular complexity index is 818. The van der Waals surface area contributed by atoms with Gasteiger partial charge < -0.3 is 15.4 Å². The van der Waals surface area contributed by atoms with Gasteiger partial charge >= 0.3 is 5.97 Å². The molecule has 0 fully saturated rings. The number of halogens is 1. The van der Waals surface area contributed by atoms with E-state index in [1.54, 1.807) is 17.5 Å². The molecule has 0 amide bonds. The van der Waals surface area contributed by atoms with Crippen LogP contribution < -0.4 is 10.6 Å². The predicted molar refractivity (Wildman–Crippen MR) is 111 cm³/mol. The lowest BCUT2D eigenvalue weighted by atomic mass is 9.88. The van der Waals surface area contributed by atoms with E-state index in [1.807, 2.05) is 10.9 Å². The maximum absolute atomic E-state index is 12.3. The Morgan fingerprint density at radius 1 is 1.58 bits per heavy atom. The van der Waals surface area contributed by atoms with Crippen LogP contribution in [0.5, 0.6) is 0 Å². The minimum Gasteiger partial charge on any atom is -0.465 e. The minimum atomic E-state index is -0.302. The molecule has 0 aliphatic heterocycles. The molecule has 140 valence electrons. The first kappa shape index (κ1) is 19.3. The second kappa shape index (κ2) is 8.49. The lowest BCUT2D eigenvalue weighted by Crippen LogP contribution is -2.31. The second-order valence-corrected chi connectivity index (χ2v) is 8.78. The summed E-state index contributed by atoms with van der Waals surface area (Å²) in [5, 5.41) is 11.8. The van der Waals surface area contributed by atoms with Crippen molar-refractivity contribution in [3.05, 3.63) is 32.9 Å². The zero-order valence-corrected chi connectivity index (χ0v) is 17.9. The fraction of sp³-hybridized carbons (Fsp3) is 0.471. The van der Waals surface area contributed by atoms with E-state index in [1.165, 1.54) is 12.0 Å². The molecule has 2 N–H and O–H groups in total. The zero-order valence-electron chi connectivity index (χ0n) is 14.7. The number of esters is 1. The first-order valence-electron chi connectivity index (χ1n) is 8.43. The van der Waals surface area contributed by atoms with E-state index < -0.39 is 0 Å². The first-order chi connectivity index (χ1) is 12.5. The molecule has 0 bridgehead atoms. The van der Waals surface area contributed by atoms with Crippen LogP contribution in [0.3, 0.4) is 0 Å². The molecule has 1 aliphatic rings. The van der Waals surface area contributed by atoms with Crippen molar-refractivity contribution in [3.63, 3.8) is 0 Å². The summed E-state index contributed by atoms with van der Waals surface area (Å²) in [5.74, 6) is 0.335. The van der Waals surface area contributed by atoms with Gasteiger partial charge in [-0.05, 0) is 58.9 Å². The van der Waals surface area contributed by atoms with Gasteiger partial charge in [-0.15, -0.1) is 11.3 Å². The summed E-state index contributed by atoms with van der Waals surface area (Å²) in [6, 6.07) is 0. The van der Waals surface area contributed by atoms with Gasteiger partial charge in [-0.2, -0.15) is 5.10 Å². The Hall–Kier alpha value is -1.45. The van der Waals surface area contributed by atoms with E-state index >= 15 is 0 Å². The fourth-order valence-electron chi connectivity index (χ4n) is 3.05. The Labute approximate surface area is 170 Å². The van der Waals surface area contributed by atoms with Gasteiger partial charge in [-0.3, -0.25) is 4.68 Å². The topological polar surface area (TPSA) is 68.2 Å². The monoisotopic (exact) mass is 456 g/mol. The van der Waals surface area contributed by atoms with E-state index in [9.17, 15) is 4.79 Å². The lowest BCUT2D eigenvalue weighted by Gasteiger charge is -2.18. The number of hydrogen-bond donors (Lipinski definition) is 2. The molecule has 26 heavy (non-hydrogen) atoms. The highest BCUT2D eigenvalue weighted by atomic mass is 79.9. The quantitative estimate of drug-likeness (QED) is 0.528. The molecule has 1 aliphatic carbocycles. The molecule has 0 spiro atoms. The number of thiocarbonyl (C=S) groups is 1. The summed E-state index contributed by atoms with van der Waals surface area (Å²) < 4.78 is 7.77. The van der Waals surface area contributed by atoms with Crippen molar-refractivity contribution in [1.82, 2.24) is 15.1 Å². The van der Waals surface area contributed by atoms with E-state index in [0.29, 0.717) is 29.7 Å². The van der Waals surface area contributed by atoms with Gasteiger partial charge in [0.1, 0.15) is 5.00 Å². The third kappa shape index (κ3) is 4.44. The number of aromatic nitrogens is 2. The molecular formula is C17H21BrN4O2S2. The molecule has 2 heterocycles. The van der Waals surface area contributed by atoms with E-state index in [2.05, 4.69) is 38.6 Å². The maximum atomic E-state index is 12.3. The smallest absolute Gasteiger partial charge is 0.341 e. The van der Waals surface area contributed by atoms with Gasteiger partial charge in [-0.25, -0.2) is 4.79 Å². The molecule has 3 rings (SSSR count). The van der Waals surface area contributed by atoms with Crippen molar-refractivity contribution in [2.75, 3.05) is 19.0 Å². The molecule has 1 atom stereocenters. The number of carbonyl (C=O) groups is 1. The molecule has 0 saturated carbocycles. The Morgan fingerprint density at radius 3 is 3.08 bits per heavy atom. The van der Waals surface area contributed by atoms with Gasteiger partial charge in [0.05, 0.1) is 29.9 Å². The van der Waals surface area contributed by atoms with Gasteiger partial charge in [-0.1, -0.05) is 6.92 Å². The van der Waals surface area contributed by atoms with Crippen molar-refractivity contribution >= 4 is 55.6 Å². The van der Waals surface area contributed by atoms with Crippen LogP contribution in [-0.4, -0.2) is 34.5 Å². The summed E-state index contributed by atoms with van der Waals surface area (Å²) in [4.78, 5) is 13.6. The molecule has 9 heteroatoms. The summed E-state index contributed by atoms with van der Waals surface area (Å²) in [5.41, 5.74) is 1.76. The maximum Gasteiger partial charge on any atom is 0.341 e. The average Bonchev–Trinajstić information content (AvgIpc) is 3.16. The summed E-state index contributed by atoms with van der Waals surface area (Å²) >= 11 is 10.4. The first-order valence-corrected chi connectivity index (χ1v) is 10.5. The van der Waals surface area contributed by atoms with Crippen LogP contribution in [0.2, 0.25) is 0 Å². The molecular weight excluding hydrogens is 436 g/mol. The standard InChI is InChI=1S/C17H21BrN4O2S2/c1-10-3-4-12-13(7-10)26-15(14(12)16(23)24-2)21-17(25)19-5-6-22-9-11(18)8-20-22/h8-10H,3-7H2,1-2H3,(H2,19,21,25). The molecule has 0 aromatic carbocycles. The van der Waals surface area contributed by atoms with Gasteiger partial charge in [0.2, 0.25) is 0 Å². The third-order valence-corrected chi connectivity index (χ3v) is 6.18. The molecule has 2 aromatic rings. The van der Waals surface area contributed by atoms with E-state index in [0.717, 1.165) is 34.3 Å². The highest BCUT2D eigenvalue weighted by Crippen LogP contribution is 2.39. The molecule has 1 unspecified atom stereocenters. The van der Waals surface area contributed by atoms with Crippen LogP contribution in [0, 0.1) is 5.92 Å². The van der Waals surface area contributed by atoms with E-state index in [4.69, 9.17) is 17.0 Å². The van der Waals surface area contributed by atoms with Crippen LogP contribution in [0.1, 0.15) is 34.1 Å². The van der Waals surface area contributed by atoms with Crippen LogP contribution in [0.25, 0.3) is 0 Å². The van der Waals surface area contributed by atoms with Crippen molar-refractivity contribution in [3.8, 4) is 0 Å². The zero-order chi connectivity index (χ0) is 18.7. The molecule has 0 saturated heterocycles. The van der Waals surface area contributed by atoms with Crippen LogP contribution in [0.15, 0.2) is 16.9 Å². The van der Waals surface area contributed by atoms with Crippen molar-refractivity contribution in [1.29, 1.82) is 0 Å². The highest BCUT2D eigenvalue weighted by molar-refractivity contribution is 9.10. The Balaban J connectivity index is 1.66. The third-order valence-electron chi connectivity index (χ3n) is 4.36. The fourth-order valence-corrected chi connectivity index (χ4v) is 5.05. The van der Waals surface area contributed by atoms with Crippen LogP contribution in [-0.2, 0) is 24.1 Å². The number of ether oxygens (including phenoxy) is 1. The van der Waals surface area contributed by atoms with Crippen molar-refractivity contribution in [2.24, 2.45) is 5.92 Å². The lowest BCUT2D eigenvalue weighted by molar-refractivity contribution is 0.0601. The van der Waals surface area contributed by atoms with Gasteiger partial charge in [0.25, 0.3) is 0 Å². The number of nitrogens with zero attached hydrogens (tertiary/aromatic N) is 2. The van der Waals surface area contributed by atoms with E-state index in [-0.39, 0.29) is 5.97 Å². The normalized spacial score (nSPS) is 16.0. The number of thiophene rings is 1. The Morgan fingerprint density at radius 2 is 2.38 bits per heavy atom. The molecule has 6 nitrogen and oxygen atoms in total. The minimum absolute atomic E-state index is 0.302. The van der Waals surface area contributed by atoms with Crippen molar-refractivity contribution in [2.45, 2.75) is 32.7 Å². The highest BCUT2D eigenvalue weighted by Gasteiger charge is 2.28. The molecule has 2 aromatic heterocycles. The predicted octanol–water partition coefficient (Wildman–Crippen LogP) is 3.61. The van der Waals surface area contributed by atoms with Gasteiger partial charge in [0, 0.05) is 17.6 Å². The summed E-state index contributed by atoms with van der Waals surface area (Å²) in [6.07, 6.45) is 6.65. The van der Waals surface area contributed by atoms with Crippen molar-refractivity contribution < 1.29 is 9.53 Å². The number of anilines is 1. The number of hydrogen-bond acceptors (Lipinski definition) is 5. The van der Waals surface area contributed by atoms with Gasteiger partial charge in [0.15, 0.2) is 5.11 Å².